The van der Waals surface area contributed by atoms with E-state index in [1.807, 2.05) is 6.92 Å². The minimum atomic E-state index is -0.823. The van der Waals surface area contributed by atoms with Crippen molar-refractivity contribution in [2.45, 2.75) is 43.4 Å². The molecule has 2 fully saturated rings. The van der Waals surface area contributed by atoms with E-state index >= 15 is 0 Å². The summed E-state index contributed by atoms with van der Waals surface area (Å²) in [5.41, 5.74) is 0.476. The zero-order valence-electron chi connectivity index (χ0n) is 16.5. The molecular formula is C18H24N6O5S. The molecule has 162 valence electrons. The summed E-state index contributed by atoms with van der Waals surface area (Å²) < 4.78 is 6.08. The van der Waals surface area contributed by atoms with Crippen LogP contribution in [0.25, 0.3) is 0 Å². The number of aliphatic hydroxyl groups excluding tert-OH is 1. The van der Waals surface area contributed by atoms with E-state index in [-0.39, 0.29) is 18.1 Å². The molecule has 0 aliphatic carbocycles. The van der Waals surface area contributed by atoms with Crippen molar-refractivity contribution in [3.63, 3.8) is 0 Å². The van der Waals surface area contributed by atoms with Crippen LogP contribution in [0.5, 0.6) is 0 Å². The van der Waals surface area contributed by atoms with Gasteiger partial charge in [-0.15, -0.1) is 10.2 Å². The Morgan fingerprint density at radius 2 is 2.10 bits per heavy atom. The van der Waals surface area contributed by atoms with Gasteiger partial charge in [-0.25, -0.2) is 4.98 Å². The van der Waals surface area contributed by atoms with Crippen LogP contribution in [0, 0.1) is 0 Å². The van der Waals surface area contributed by atoms with E-state index in [1.54, 1.807) is 5.51 Å². The zero-order valence-corrected chi connectivity index (χ0v) is 17.3. The minimum absolute atomic E-state index is 0.234. The number of rotatable bonds is 3. The van der Waals surface area contributed by atoms with Crippen molar-refractivity contribution >= 4 is 28.8 Å². The number of anilines is 1. The van der Waals surface area contributed by atoms with Crippen LogP contribution in [0.2, 0.25) is 0 Å². The first-order valence-electron chi connectivity index (χ1n) is 9.43. The maximum atomic E-state index is 12.6. The van der Waals surface area contributed by atoms with E-state index < -0.39 is 17.2 Å². The summed E-state index contributed by atoms with van der Waals surface area (Å²) >= 11 is 1.50. The van der Waals surface area contributed by atoms with Gasteiger partial charge in [0.1, 0.15) is 17.3 Å². The Bertz CT molecular complexity index is 831. The second kappa shape index (κ2) is 9.41. The SMILES string of the molecule is C[C@]1(NC(=O)c2cnccn2)CCOC2(CCN(c3nncs3)CC2)[C@@H]1O.O=CO. The molecule has 0 aromatic carbocycles. The average molecular weight is 436 g/mol. The molecule has 2 saturated heterocycles. The third-order valence-corrected chi connectivity index (χ3v) is 6.29. The summed E-state index contributed by atoms with van der Waals surface area (Å²) in [5, 5.41) is 29.9. The molecule has 2 aliphatic heterocycles. The molecule has 1 spiro atoms. The van der Waals surface area contributed by atoms with Gasteiger partial charge in [0.25, 0.3) is 12.4 Å². The quantitative estimate of drug-likeness (QED) is 0.574. The minimum Gasteiger partial charge on any atom is -0.483 e. The molecule has 2 aliphatic rings. The van der Waals surface area contributed by atoms with Crippen LogP contribution in [-0.2, 0) is 9.53 Å². The second-order valence-corrected chi connectivity index (χ2v) is 8.15. The highest BCUT2D eigenvalue weighted by Gasteiger charge is 2.54. The van der Waals surface area contributed by atoms with Crippen LogP contribution in [0.4, 0.5) is 5.13 Å². The first-order valence-corrected chi connectivity index (χ1v) is 10.3. The Labute approximate surface area is 177 Å². The summed E-state index contributed by atoms with van der Waals surface area (Å²) in [6.07, 6.45) is 5.43. The molecule has 2 aromatic rings. The molecule has 2 aromatic heterocycles. The highest BCUT2D eigenvalue weighted by Crippen LogP contribution is 2.40. The normalized spacial score (nSPS) is 25.1. The lowest BCUT2D eigenvalue weighted by atomic mass is 9.73. The smallest absolute Gasteiger partial charge is 0.290 e. The molecule has 3 N–H and O–H groups in total. The average Bonchev–Trinajstić information content (AvgIpc) is 3.29. The van der Waals surface area contributed by atoms with Crippen LogP contribution in [0.3, 0.4) is 0 Å². The molecule has 11 nitrogen and oxygen atoms in total. The molecule has 0 unspecified atom stereocenters. The molecule has 0 saturated carbocycles. The van der Waals surface area contributed by atoms with Crippen molar-refractivity contribution in [2.75, 3.05) is 24.6 Å². The van der Waals surface area contributed by atoms with Gasteiger partial charge in [-0.3, -0.25) is 14.6 Å². The van der Waals surface area contributed by atoms with E-state index in [0.29, 0.717) is 25.9 Å². The molecule has 1 amide bonds. The van der Waals surface area contributed by atoms with E-state index in [2.05, 4.69) is 30.4 Å². The number of carbonyl (C=O) groups excluding carboxylic acids is 1. The fourth-order valence-electron chi connectivity index (χ4n) is 3.93. The lowest BCUT2D eigenvalue weighted by molar-refractivity contribution is -0.195. The van der Waals surface area contributed by atoms with Crippen LogP contribution < -0.4 is 10.2 Å². The number of aromatic nitrogens is 4. The van der Waals surface area contributed by atoms with Crippen LogP contribution >= 0.6 is 11.3 Å². The van der Waals surface area contributed by atoms with Crippen molar-refractivity contribution < 1.29 is 24.5 Å². The summed E-state index contributed by atoms with van der Waals surface area (Å²) in [7, 11) is 0. The topological polar surface area (TPSA) is 151 Å². The number of nitrogens with one attached hydrogen (secondary N) is 1. The first-order chi connectivity index (χ1) is 14.4. The van der Waals surface area contributed by atoms with Crippen LogP contribution in [0.15, 0.2) is 24.1 Å². The first kappa shape index (κ1) is 22.0. The fraction of sp³-hybridized carbons (Fsp3) is 0.556. The second-order valence-electron chi connectivity index (χ2n) is 7.34. The van der Waals surface area contributed by atoms with Gasteiger partial charge in [0.15, 0.2) is 0 Å². The van der Waals surface area contributed by atoms with Gasteiger partial charge in [-0.1, -0.05) is 11.3 Å². The predicted octanol–water partition coefficient (Wildman–Crippen LogP) is 0.338. The van der Waals surface area contributed by atoms with Gasteiger partial charge in [-0.05, 0) is 26.2 Å². The Balaban J connectivity index is 0.000000806. The van der Waals surface area contributed by atoms with Gasteiger partial charge < -0.3 is 25.2 Å². The lowest BCUT2D eigenvalue weighted by Crippen LogP contribution is -2.69. The Kier molecular flexibility index (Phi) is 6.90. The molecule has 4 heterocycles. The summed E-state index contributed by atoms with van der Waals surface area (Å²) in [5.74, 6) is -0.340. The molecule has 12 heteroatoms. The van der Waals surface area contributed by atoms with Gasteiger partial charge in [-0.2, -0.15) is 0 Å². The number of nitrogens with zero attached hydrogens (tertiary/aromatic N) is 5. The van der Waals surface area contributed by atoms with Crippen LogP contribution in [0.1, 0.15) is 36.7 Å². The van der Waals surface area contributed by atoms with E-state index in [9.17, 15) is 9.90 Å². The molecular weight excluding hydrogens is 412 g/mol. The van der Waals surface area contributed by atoms with E-state index in [1.165, 1.54) is 29.9 Å². The number of amides is 1. The highest BCUT2D eigenvalue weighted by molar-refractivity contribution is 7.13. The third-order valence-electron chi connectivity index (χ3n) is 5.54. The van der Waals surface area contributed by atoms with Crippen molar-refractivity contribution in [3.8, 4) is 0 Å². The van der Waals surface area contributed by atoms with E-state index in [4.69, 9.17) is 14.6 Å². The lowest BCUT2D eigenvalue weighted by Gasteiger charge is -2.53. The van der Waals surface area contributed by atoms with Crippen molar-refractivity contribution in [3.05, 3.63) is 29.8 Å². The van der Waals surface area contributed by atoms with Crippen molar-refractivity contribution in [1.29, 1.82) is 0 Å². The number of carbonyl (C=O) groups is 2. The Morgan fingerprint density at radius 3 is 2.70 bits per heavy atom. The molecule has 30 heavy (non-hydrogen) atoms. The maximum Gasteiger partial charge on any atom is 0.290 e. The largest absolute Gasteiger partial charge is 0.483 e. The van der Waals surface area contributed by atoms with Crippen LogP contribution in [-0.4, -0.2) is 79.7 Å². The number of hydrogen-bond acceptors (Lipinski definition) is 10. The van der Waals surface area contributed by atoms with Crippen molar-refractivity contribution in [2.24, 2.45) is 0 Å². The fourth-order valence-corrected chi connectivity index (χ4v) is 4.55. The summed E-state index contributed by atoms with van der Waals surface area (Å²) in [4.78, 5) is 31.0. The number of piperidine rings is 1. The molecule has 4 rings (SSSR count). The maximum absolute atomic E-state index is 12.6. The van der Waals surface area contributed by atoms with Gasteiger partial charge in [0.05, 0.1) is 17.3 Å². The van der Waals surface area contributed by atoms with Gasteiger partial charge >= 0.3 is 0 Å². The number of hydrogen-bond donors (Lipinski definition) is 3. The standard InChI is InChI=1S/C17H22N6O3S.CH2O2/c1-16(21-13(24)12-10-18-5-6-19-12)4-9-26-17(14(16)25)2-7-23(8-3-17)15-22-20-11-27-15;2-1-3/h5-6,10-11,14,25H,2-4,7-9H2,1H3,(H,21,24);1H,(H,2,3)/t14-,16+;/m1./s1. The van der Waals surface area contributed by atoms with Gasteiger partial charge in [0.2, 0.25) is 5.13 Å². The molecule has 0 bridgehead atoms. The Morgan fingerprint density at radius 1 is 1.37 bits per heavy atom. The van der Waals surface area contributed by atoms with Gasteiger partial charge in [0, 0.05) is 32.1 Å². The predicted molar refractivity (Wildman–Crippen MR) is 107 cm³/mol. The molecule has 2 atom stereocenters. The number of ether oxygens (including phenoxy) is 1. The van der Waals surface area contributed by atoms with E-state index in [0.717, 1.165) is 18.2 Å². The summed E-state index contributed by atoms with van der Waals surface area (Å²) in [6.45, 7) is 3.54. The number of aliphatic hydroxyl groups is 1. The zero-order chi connectivity index (χ0) is 21.6. The monoisotopic (exact) mass is 436 g/mol. The third kappa shape index (κ3) is 4.55. The summed E-state index contributed by atoms with van der Waals surface area (Å²) in [6, 6.07) is 0. The highest BCUT2D eigenvalue weighted by atomic mass is 32.1. The number of carboxylic acid groups (broad SMARTS) is 1. The van der Waals surface area contributed by atoms with Crippen molar-refractivity contribution in [1.82, 2.24) is 25.5 Å². The Hall–Kier alpha value is -2.70. The molecule has 0 radical (unpaired) electrons.